The van der Waals surface area contributed by atoms with Gasteiger partial charge in [0, 0.05) is 24.7 Å². The molecule has 0 radical (unpaired) electrons. The van der Waals surface area contributed by atoms with Crippen molar-refractivity contribution in [1.29, 1.82) is 0 Å². The molecule has 1 atom stereocenters. The van der Waals surface area contributed by atoms with Gasteiger partial charge in [0.1, 0.15) is 29.5 Å². The Bertz CT molecular complexity index is 1420. The number of nitrogens with one attached hydrogen (secondary N) is 1. The minimum absolute atomic E-state index is 0.0287. The van der Waals surface area contributed by atoms with E-state index in [0.29, 0.717) is 15.2 Å². The van der Waals surface area contributed by atoms with Crippen LogP contribution in [0.2, 0.25) is 5.02 Å². The number of carboxylic acid groups (broad SMARTS) is 1. The summed E-state index contributed by atoms with van der Waals surface area (Å²) in [5, 5.41) is 12.5. The van der Waals surface area contributed by atoms with Crippen LogP contribution < -0.4 is 30.9 Å². The second-order valence-electron chi connectivity index (χ2n) is 7.72. The maximum absolute atomic E-state index is 13.2. The number of nitrogens with zero attached hydrogens (tertiary/aromatic N) is 3. The van der Waals surface area contributed by atoms with Gasteiger partial charge in [-0.3, -0.25) is 14.2 Å². The van der Waals surface area contributed by atoms with Crippen LogP contribution in [0.4, 0.5) is 24.7 Å². The van der Waals surface area contributed by atoms with Crippen LogP contribution in [0.3, 0.4) is 0 Å². The average Bonchev–Trinajstić information content (AvgIpc) is 3.13. The Morgan fingerprint density at radius 3 is 2.44 bits per heavy atom. The highest BCUT2D eigenvalue weighted by Gasteiger charge is 2.37. The molecule has 1 aromatic heterocycles. The topological polar surface area (TPSA) is 115 Å². The molecule has 4 rings (SSSR count). The molecule has 2 heterocycles. The molecular weight excluding hydrogens is 509 g/mol. The fraction of sp³-hybridized carbons (Fsp3) is 0.227. The molecule has 10 nitrogen and oxygen atoms in total. The number of alkyl halides is 3. The predicted octanol–water partition coefficient (Wildman–Crippen LogP) is 2.98. The fourth-order valence-corrected chi connectivity index (χ4v) is 3.80. The lowest BCUT2D eigenvalue weighted by Crippen LogP contribution is -2.44. The summed E-state index contributed by atoms with van der Waals surface area (Å²) >= 11 is 5.95. The molecule has 0 amide bonds. The molecule has 3 aromatic rings. The van der Waals surface area contributed by atoms with E-state index in [1.54, 1.807) is 24.3 Å². The quantitative estimate of drug-likeness (QED) is 0.483. The highest BCUT2D eigenvalue weighted by molar-refractivity contribution is 6.30. The molecule has 190 valence electrons. The number of halogens is 4. The number of benzene rings is 2. The van der Waals surface area contributed by atoms with Crippen LogP contribution in [0.25, 0.3) is 0 Å². The molecule has 0 bridgehead atoms. The van der Waals surface area contributed by atoms with Crippen LogP contribution in [0, 0.1) is 0 Å². The number of hydrogen-bond acceptors (Lipinski definition) is 7. The Morgan fingerprint density at radius 2 is 1.81 bits per heavy atom. The Morgan fingerprint density at radius 1 is 1.14 bits per heavy atom. The van der Waals surface area contributed by atoms with Gasteiger partial charge in [0.25, 0.3) is 11.9 Å². The van der Waals surface area contributed by atoms with Gasteiger partial charge in [-0.05, 0) is 29.8 Å². The van der Waals surface area contributed by atoms with Gasteiger partial charge < -0.3 is 24.8 Å². The van der Waals surface area contributed by atoms with E-state index in [4.69, 9.17) is 21.4 Å². The van der Waals surface area contributed by atoms with Gasteiger partial charge in [0.2, 0.25) is 0 Å². The molecule has 0 saturated heterocycles. The van der Waals surface area contributed by atoms with Crippen molar-refractivity contribution in [3.63, 3.8) is 0 Å². The fourth-order valence-electron chi connectivity index (χ4n) is 3.68. The van der Waals surface area contributed by atoms with Gasteiger partial charge in [-0.15, -0.1) is 13.2 Å². The lowest BCUT2D eigenvalue weighted by atomic mass is 10.2. The lowest BCUT2D eigenvalue weighted by Gasteiger charge is -2.26. The summed E-state index contributed by atoms with van der Waals surface area (Å²) in [5.74, 6) is -1.89. The predicted molar refractivity (Wildman–Crippen MR) is 122 cm³/mol. The molecule has 1 unspecified atom stereocenters. The number of ether oxygens (including phenoxy) is 2. The van der Waals surface area contributed by atoms with Crippen molar-refractivity contribution in [3.05, 3.63) is 80.0 Å². The van der Waals surface area contributed by atoms with Crippen molar-refractivity contribution < 1.29 is 32.5 Å². The van der Waals surface area contributed by atoms with Crippen LogP contribution in [0.15, 0.2) is 58.1 Å². The third-order valence-corrected chi connectivity index (χ3v) is 5.45. The largest absolute Gasteiger partial charge is 0.573 e. The Balaban J connectivity index is 1.76. The van der Waals surface area contributed by atoms with E-state index in [2.05, 4.69) is 10.1 Å². The first-order valence-electron chi connectivity index (χ1n) is 10.3. The minimum atomic E-state index is -4.91. The zero-order valence-corrected chi connectivity index (χ0v) is 19.2. The first kappa shape index (κ1) is 25.0. The number of hydrogen-bond donors (Lipinski definition) is 2. The van der Waals surface area contributed by atoms with Crippen molar-refractivity contribution in [2.75, 3.05) is 10.2 Å². The molecule has 36 heavy (non-hydrogen) atoms. The van der Waals surface area contributed by atoms with Crippen molar-refractivity contribution in [2.24, 2.45) is 7.05 Å². The third-order valence-electron chi connectivity index (χ3n) is 5.20. The normalized spacial score (nSPS) is 14.8. The van der Waals surface area contributed by atoms with E-state index in [1.165, 1.54) is 24.1 Å². The van der Waals surface area contributed by atoms with Crippen molar-refractivity contribution in [1.82, 2.24) is 9.13 Å². The minimum Gasteiger partial charge on any atom is -0.480 e. The number of anilines is 2. The van der Waals surface area contributed by atoms with E-state index < -0.39 is 42.2 Å². The lowest BCUT2D eigenvalue weighted by molar-refractivity contribution is -0.274. The van der Waals surface area contributed by atoms with Crippen molar-refractivity contribution in [2.45, 2.75) is 25.8 Å². The number of carboxylic acids is 1. The van der Waals surface area contributed by atoms with Gasteiger partial charge in [-0.2, -0.15) is 0 Å². The van der Waals surface area contributed by atoms with Crippen molar-refractivity contribution >= 4 is 29.1 Å². The second-order valence-corrected chi connectivity index (χ2v) is 8.15. The van der Waals surface area contributed by atoms with Crippen LogP contribution >= 0.6 is 11.6 Å². The first-order valence-corrected chi connectivity index (χ1v) is 10.7. The van der Waals surface area contributed by atoms with Crippen LogP contribution in [0.5, 0.6) is 11.5 Å². The molecule has 0 saturated carbocycles. The number of carbonyl (C=O) groups is 1. The van der Waals surface area contributed by atoms with E-state index in [0.717, 1.165) is 16.7 Å². The highest BCUT2D eigenvalue weighted by atomic mass is 35.5. The number of aromatic nitrogens is 2. The smallest absolute Gasteiger partial charge is 0.480 e. The maximum atomic E-state index is 13.2. The van der Waals surface area contributed by atoms with E-state index in [9.17, 15) is 27.6 Å². The summed E-state index contributed by atoms with van der Waals surface area (Å²) in [4.78, 5) is 38.6. The standard InChI is InChI=1S/C22H18ClF3N4O6/c1-28-18-17(19(33)30(21(28)34)11-16(31)32)29(10-12-5-7-13(23)8-6-12)20(27-18)35-14-3-2-4-15(9-14)36-22(24,25)26/h2-9,20,27H,10-11H2,1H3,(H,31,32). The van der Waals surface area contributed by atoms with Crippen LogP contribution in [0.1, 0.15) is 5.56 Å². The summed E-state index contributed by atoms with van der Waals surface area (Å²) < 4.78 is 49.3. The van der Waals surface area contributed by atoms with Gasteiger partial charge in [-0.25, -0.2) is 9.36 Å². The van der Waals surface area contributed by atoms with Gasteiger partial charge in [-0.1, -0.05) is 29.8 Å². The molecule has 2 aromatic carbocycles. The van der Waals surface area contributed by atoms with Crippen molar-refractivity contribution in [3.8, 4) is 11.5 Å². The average molecular weight is 527 g/mol. The molecule has 1 aliphatic heterocycles. The Hall–Kier alpha value is -4.13. The molecular formula is C22H18ClF3N4O6. The summed E-state index contributed by atoms with van der Waals surface area (Å²) in [7, 11) is 1.34. The zero-order valence-electron chi connectivity index (χ0n) is 18.5. The molecule has 0 spiro atoms. The van der Waals surface area contributed by atoms with Gasteiger partial charge in [0.15, 0.2) is 0 Å². The van der Waals surface area contributed by atoms with E-state index >= 15 is 0 Å². The molecule has 2 N–H and O–H groups in total. The molecule has 0 aliphatic carbocycles. The number of fused-ring (bicyclic) bond motifs is 1. The van der Waals surface area contributed by atoms with E-state index in [-0.39, 0.29) is 23.8 Å². The summed E-state index contributed by atoms with van der Waals surface area (Å²) in [5.41, 5.74) is -1.13. The molecule has 0 fully saturated rings. The van der Waals surface area contributed by atoms with Gasteiger partial charge in [0.05, 0.1) is 0 Å². The Kier molecular flexibility index (Phi) is 6.59. The summed E-state index contributed by atoms with van der Waals surface area (Å²) in [6.45, 7) is -0.822. The third kappa shape index (κ3) is 5.25. The van der Waals surface area contributed by atoms with E-state index in [1.807, 2.05) is 0 Å². The highest BCUT2D eigenvalue weighted by Crippen LogP contribution is 2.34. The maximum Gasteiger partial charge on any atom is 0.573 e. The first-order chi connectivity index (χ1) is 16.9. The van der Waals surface area contributed by atoms with Crippen LogP contribution in [-0.4, -0.2) is 32.9 Å². The van der Waals surface area contributed by atoms with Crippen LogP contribution in [-0.2, 0) is 24.9 Å². The number of aliphatic carboxylic acids is 1. The summed E-state index contributed by atoms with van der Waals surface area (Å²) in [6, 6.07) is 11.4. The zero-order chi connectivity index (χ0) is 26.2. The molecule has 1 aliphatic rings. The molecule has 14 heteroatoms. The second kappa shape index (κ2) is 9.49. The summed E-state index contributed by atoms with van der Waals surface area (Å²) in [6.07, 6.45) is -6.06. The monoisotopic (exact) mass is 526 g/mol. The SMILES string of the molecule is Cn1c2c(c(=O)n(CC(=O)O)c1=O)N(Cc1ccc(Cl)cc1)C(Oc1cccc(OC(F)(F)F)c1)N2. The number of rotatable bonds is 7. The Labute approximate surface area is 205 Å². The van der Waals surface area contributed by atoms with Gasteiger partial charge >= 0.3 is 18.0 Å².